The third-order valence-corrected chi connectivity index (χ3v) is 3.81. The second-order valence-electron chi connectivity index (χ2n) is 5.94. The molecule has 1 rings (SSSR count). The predicted molar refractivity (Wildman–Crippen MR) is 93.3 cm³/mol. The molecule has 0 amide bonds. The lowest BCUT2D eigenvalue weighted by Gasteiger charge is -2.11. The standard InChI is InChI=1S/C19H29NO4/c1-5-7-9-11-23-18(21)16-13-17(15(4)20-14(16)3)19(22)24-12-10-8-6-2/h13H,5-12H2,1-4H3. The van der Waals surface area contributed by atoms with Gasteiger partial charge in [-0.2, -0.15) is 0 Å². The van der Waals surface area contributed by atoms with Crippen LogP contribution in [0.5, 0.6) is 0 Å². The van der Waals surface area contributed by atoms with Gasteiger partial charge in [0.05, 0.1) is 35.7 Å². The van der Waals surface area contributed by atoms with E-state index in [0.29, 0.717) is 35.7 Å². The average Bonchev–Trinajstić information content (AvgIpc) is 2.55. The maximum Gasteiger partial charge on any atom is 0.340 e. The fourth-order valence-electron chi connectivity index (χ4n) is 2.33. The number of nitrogens with zero attached hydrogens (tertiary/aromatic N) is 1. The lowest BCUT2D eigenvalue weighted by Crippen LogP contribution is -2.15. The lowest BCUT2D eigenvalue weighted by atomic mass is 10.1. The second-order valence-corrected chi connectivity index (χ2v) is 5.94. The number of aryl methyl sites for hydroxylation is 2. The van der Waals surface area contributed by atoms with E-state index in [4.69, 9.17) is 9.47 Å². The Morgan fingerprint density at radius 3 is 1.62 bits per heavy atom. The molecular weight excluding hydrogens is 306 g/mol. The van der Waals surface area contributed by atoms with E-state index in [9.17, 15) is 9.59 Å². The van der Waals surface area contributed by atoms with Gasteiger partial charge in [-0.1, -0.05) is 39.5 Å². The molecule has 134 valence electrons. The summed E-state index contributed by atoms with van der Waals surface area (Å²) in [5, 5.41) is 0. The van der Waals surface area contributed by atoms with Crippen molar-refractivity contribution in [3.05, 3.63) is 28.6 Å². The Labute approximate surface area is 144 Å². The van der Waals surface area contributed by atoms with Gasteiger partial charge in [0.1, 0.15) is 0 Å². The molecule has 1 aromatic heterocycles. The van der Waals surface area contributed by atoms with Crippen LogP contribution in [-0.2, 0) is 9.47 Å². The smallest absolute Gasteiger partial charge is 0.340 e. The number of hydrogen-bond acceptors (Lipinski definition) is 5. The second kappa shape index (κ2) is 10.8. The van der Waals surface area contributed by atoms with Crippen LogP contribution in [0.2, 0.25) is 0 Å². The monoisotopic (exact) mass is 335 g/mol. The van der Waals surface area contributed by atoms with E-state index in [0.717, 1.165) is 38.5 Å². The van der Waals surface area contributed by atoms with E-state index in [2.05, 4.69) is 18.8 Å². The van der Waals surface area contributed by atoms with Crippen LogP contribution in [0.25, 0.3) is 0 Å². The topological polar surface area (TPSA) is 65.5 Å². The Hall–Kier alpha value is -1.91. The van der Waals surface area contributed by atoms with Crippen LogP contribution < -0.4 is 0 Å². The molecule has 0 saturated carbocycles. The summed E-state index contributed by atoms with van der Waals surface area (Å²) in [6, 6.07) is 1.54. The number of unbranched alkanes of at least 4 members (excludes halogenated alkanes) is 4. The maximum atomic E-state index is 12.2. The number of pyridine rings is 1. The third kappa shape index (κ3) is 6.30. The van der Waals surface area contributed by atoms with Crippen molar-refractivity contribution in [2.24, 2.45) is 0 Å². The molecule has 0 aliphatic rings. The molecule has 0 aliphatic heterocycles. The van der Waals surface area contributed by atoms with Gasteiger partial charge in [0, 0.05) is 0 Å². The molecule has 1 aromatic rings. The molecule has 5 heteroatoms. The SMILES string of the molecule is CCCCCOC(=O)c1cc(C(=O)OCCCCC)c(C)nc1C. The van der Waals surface area contributed by atoms with Crippen molar-refractivity contribution >= 4 is 11.9 Å². The minimum atomic E-state index is -0.434. The van der Waals surface area contributed by atoms with Gasteiger partial charge in [-0.25, -0.2) is 9.59 Å². The zero-order valence-electron chi connectivity index (χ0n) is 15.3. The first-order valence-corrected chi connectivity index (χ1v) is 8.83. The van der Waals surface area contributed by atoms with Gasteiger partial charge >= 0.3 is 11.9 Å². The summed E-state index contributed by atoms with van der Waals surface area (Å²) in [6.45, 7) is 8.44. The molecule has 1 heterocycles. The molecule has 0 atom stereocenters. The summed E-state index contributed by atoms with van der Waals surface area (Å²) in [6.07, 6.45) is 5.86. The van der Waals surface area contributed by atoms with Crippen molar-refractivity contribution in [2.45, 2.75) is 66.2 Å². The fraction of sp³-hybridized carbons (Fsp3) is 0.632. The molecular formula is C19H29NO4. The number of esters is 2. The highest BCUT2D eigenvalue weighted by Gasteiger charge is 2.19. The molecule has 0 aliphatic carbocycles. The minimum absolute atomic E-state index is 0.331. The molecule has 0 fully saturated rings. The van der Waals surface area contributed by atoms with Crippen LogP contribution in [0, 0.1) is 13.8 Å². The lowest BCUT2D eigenvalue weighted by molar-refractivity contribution is 0.0494. The van der Waals surface area contributed by atoms with E-state index < -0.39 is 11.9 Å². The zero-order chi connectivity index (χ0) is 17.9. The van der Waals surface area contributed by atoms with Gasteiger partial charge in [-0.15, -0.1) is 0 Å². The molecule has 0 saturated heterocycles. The van der Waals surface area contributed by atoms with Crippen LogP contribution in [0.4, 0.5) is 0 Å². The Morgan fingerprint density at radius 1 is 0.833 bits per heavy atom. The van der Waals surface area contributed by atoms with Crippen molar-refractivity contribution in [1.29, 1.82) is 0 Å². The van der Waals surface area contributed by atoms with Gasteiger partial charge in [0.25, 0.3) is 0 Å². The van der Waals surface area contributed by atoms with Gasteiger partial charge in [0.2, 0.25) is 0 Å². The Kier molecular flexibility index (Phi) is 9.05. The van der Waals surface area contributed by atoms with Crippen LogP contribution >= 0.6 is 0 Å². The predicted octanol–water partition coefficient (Wildman–Crippen LogP) is 4.39. The highest BCUT2D eigenvalue weighted by molar-refractivity contribution is 5.96. The first-order chi connectivity index (χ1) is 11.5. The van der Waals surface area contributed by atoms with Crippen molar-refractivity contribution in [3.63, 3.8) is 0 Å². The van der Waals surface area contributed by atoms with Crippen LogP contribution in [0.3, 0.4) is 0 Å². The van der Waals surface area contributed by atoms with Crippen molar-refractivity contribution in [2.75, 3.05) is 13.2 Å². The van der Waals surface area contributed by atoms with Crippen molar-refractivity contribution in [1.82, 2.24) is 4.98 Å². The summed E-state index contributed by atoms with van der Waals surface area (Å²) in [4.78, 5) is 28.7. The van der Waals surface area contributed by atoms with Crippen LogP contribution in [0.15, 0.2) is 6.07 Å². The molecule has 0 aromatic carbocycles. The van der Waals surface area contributed by atoms with E-state index in [-0.39, 0.29) is 0 Å². The highest BCUT2D eigenvalue weighted by Crippen LogP contribution is 2.15. The molecule has 0 spiro atoms. The first kappa shape index (κ1) is 20.1. The van der Waals surface area contributed by atoms with Gasteiger partial charge in [0.15, 0.2) is 0 Å². The Balaban J connectivity index is 2.76. The first-order valence-electron chi connectivity index (χ1n) is 8.83. The fourth-order valence-corrected chi connectivity index (χ4v) is 2.33. The van der Waals surface area contributed by atoms with E-state index in [1.807, 2.05) is 0 Å². The summed E-state index contributed by atoms with van der Waals surface area (Å²) in [5.41, 5.74) is 1.79. The van der Waals surface area contributed by atoms with E-state index in [1.165, 1.54) is 0 Å². The molecule has 0 unspecified atom stereocenters. The largest absolute Gasteiger partial charge is 0.462 e. The summed E-state index contributed by atoms with van der Waals surface area (Å²) in [5.74, 6) is -0.868. The maximum absolute atomic E-state index is 12.2. The normalized spacial score (nSPS) is 10.5. The minimum Gasteiger partial charge on any atom is -0.462 e. The molecule has 0 N–H and O–H groups in total. The zero-order valence-corrected chi connectivity index (χ0v) is 15.3. The average molecular weight is 335 g/mol. The summed E-state index contributed by atoms with van der Waals surface area (Å²) in [7, 11) is 0. The van der Waals surface area contributed by atoms with Gasteiger partial charge < -0.3 is 9.47 Å². The Bertz CT molecular complexity index is 509. The third-order valence-electron chi connectivity index (χ3n) is 3.81. The number of hydrogen-bond donors (Lipinski definition) is 0. The summed E-state index contributed by atoms with van der Waals surface area (Å²) >= 11 is 0. The van der Waals surface area contributed by atoms with Crippen LogP contribution in [-0.4, -0.2) is 30.1 Å². The number of carbonyl (C=O) groups excluding carboxylic acids is 2. The van der Waals surface area contributed by atoms with E-state index >= 15 is 0 Å². The number of aromatic nitrogens is 1. The van der Waals surface area contributed by atoms with Crippen molar-refractivity contribution < 1.29 is 19.1 Å². The van der Waals surface area contributed by atoms with Gasteiger partial charge in [-0.05, 0) is 32.8 Å². The number of carbonyl (C=O) groups is 2. The molecule has 0 radical (unpaired) electrons. The highest BCUT2D eigenvalue weighted by atomic mass is 16.5. The van der Waals surface area contributed by atoms with Crippen LogP contribution in [0.1, 0.15) is 84.5 Å². The molecule has 0 bridgehead atoms. The quantitative estimate of drug-likeness (QED) is 0.468. The number of rotatable bonds is 10. The Morgan fingerprint density at radius 2 is 1.25 bits per heavy atom. The molecule has 24 heavy (non-hydrogen) atoms. The number of ether oxygens (including phenoxy) is 2. The molecule has 5 nitrogen and oxygen atoms in total. The summed E-state index contributed by atoms with van der Waals surface area (Å²) < 4.78 is 10.5. The van der Waals surface area contributed by atoms with Gasteiger partial charge in [-0.3, -0.25) is 4.98 Å². The van der Waals surface area contributed by atoms with Crippen molar-refractivity contribution in [3.8, 4) is 0 Å². The van der Waals surface area contributed by atoms with E-state index in [1.54, 1.807) is 19.9 Å².